The van der Waals surface area contributed by atoms with E-state index in [0.717, 1.165) is 16.6 Å². The highest BCUT2D eigenvalue weighted by Gasteiger charge is 2.37. The third kappa shape index (κ3) is 2.87. The molecule has 1 N–H and O–H groups in total. The van der Waals surface area contributed by atoms with Gasteiger partial charge in [0.1, 0.15) is 5.69 Å². The Labute approximate surface area is 163 Å². The van der Waals surface area contributed by atoms with Crippen LogP contribution in [-0.2, 0) is 11.8 Å². The van der Waals surface area contributed by atoms with E-state index in [-0.39, 0.29) is 22.3 Å². The SMILES string of the molecule is Cc1c(N2C(=N)S/C(=C\c3cccs3)C2=O)c(=O)n(-c2ccccc2)n1C. The Balaban J connectivity index is 1.82. The van der Waals surface area contributed by atoms with Crippen LogP contribution in [0.1, 0.15) is 10.6 Å². The number of thioether (sulfide) groups is 1. The first-order valence-electron chi connectivity index (χ1n) is 8.19. The lowest BCUT2D eigenvalue weighted by Gasteiger charge is -2.12. The third-order valence-corrected chi connectivity index (χ3v) is 6.10. The van der Waals surface area contributed by atoms with E-state index in [9.17, 15) is 9.59 Å². The molecule has 1 saturated heterocycles. The highest BCUT2D eigenvalue weighted by atomic mass is 32.2. The Kier molecular flexibility index (Phi) is 4.37. The molecule has 1 amide bonds. The maximum Gasteiger partial charge on any atom is 0.296 e. The fourth-order valence-electron chi connectivity index (χ4n) is 3.00. The van der Waals surface area contributed by atoms with Crippen molar-refractivity contribution in [3.05, 3.63) is 73.7 Å². The molecule has 1 aromatic carbocycles. The highest BCUT2D eigenvalue weighted by molar-refractivity contribution is 8.19. The molecule has 27 heavy (non-hydrogen) atoms. The smallest absolute Gasteiger partial charge is 0.283 e. The number of benzene rings is 1. The minimum atomic E-state index is -0.343. The van der Waals surface area contributed by atoms with Gasteiger partial charge in [-0.25, -0.2) is 9.58 Å². The maximum absolute atomic E-state index is 13.1. The van der Waals surface area contributed by atoms with Gasteiger partial charge in [-0.1, -0.05) is 24.3 Å². The van der Waals surface area contributed by atoms with Gasteiger partial charge in [0.05, 0.1) is 16.3 Å². The molecule has 1 aliphatic rings. The van der Waals surface area contributed by atoms with Crippen LogP contribution in [0.4, 0.5) is 5.69 Å². The van der Waals surface area contributed by atoms with Gasteiger partial charge in [-0.3, -0.25) is 19.7 Å². The van der Waals surface area contributed by atoms with Crippen LogP contribution in [0, 0.1) is 12.3 Å². The zero-order valence-electron chi connectivity index (χ0n) is 14.7. The molecule has 0 unspecified atom stereocenters. The monoisotopic (exact) mass is 396 g/mol. The van der Waals surface area contributed by atoms with Crippen LogP contribution in [0.3, 0.4) is 0 Å². The normalized spacial score (nSPS) is 15.9. The number of aromatic nitrogens is 2. The van der Waals surface area contributed by atoms with Gasteiger partial charge >= 0.3 is 0 Å². The Bertz CT molecular complexity index is 1120. The quantitative estimate of drug-likeness (QED) is 0.688. The minimum Gasteiger partial charge on any atom is -0.283 e. The Morgan fingerprint density at radius 1 is 1.07 bits per heavy atom. The molecule has 136 valence electrons. The first kappa shape index (κ1) is 17.6. The molecule has 6 nitrogen and oxygen atoms in total. The van der Waals surface area contributed by atoms with E-state index in [1.807, 2.05) is 47.8 Å². The van der Waals surface area contributed by atoms with Gasteiger partial charge in [0.2, 0.25) is 0 Å². The van der Waals surface area contributed by atoms with Crippen LogP contribution >= 0.6 is 23.1 Å². The summed E-state index contributed by atoms with van der Waals surface area (Å²) < 4.78 is 3.22. The summed E-state index contributed by atoms with van der Waals surface area (Å²) in [5.41, 5.74) is 1.23. The number of amides is 1. The summed E-state index contributed by atoms with van der Waals surface area (Å²) in [6, 6.07) is 13.1. The number of nitrogens with zero attached hydrogens (tertiary/aromatic N) is 3. The fourth-order valence-corrected chi connectivity index (χ4v) is 4.57. The van der Waals surface area contributed by atoms with Gasteiger partial charge in [0, 0.05) is 11.9 Å². The second-order valence-corrected chi connectivity index (χ2v) is 7.99. The lowest BCUT2D eigenvalue weighted by atomic mass is 10.3. The number of carbonyl (C=O) groups is 1. The first-order valence-corrected chi connectivity index (χ1v) is 9.88. The summed E-state index contributed by atoms with van der Waals surface area (Å²) in [5.74, 6) is -0.343. The summed E-state index contributed by atoms with van der Waals surface area (Å²) >= 11 is 2.59. The molecule has 3 heterocycles. The molecular formula is C19H16N4O2S2. The van der Waals surface area contributed by atoms with E-state index in [0.29, 0.717) is 16.3 Å². The number of anilines is 1. The van der Waals surface area contributed by atoms with Crippen molar-refractivity contribution >= 4 is 45.9 Å². The maximum atomic E-state index is 13.1. The van der Waals surface area contributed by atoms with Crippen molar-refractivity contribution in [1.29, 1.82) is 5.41 Å². The molecular weight excluding hydrogens is 380 g/mol. The van der Waals surface area contributed by atoms with Gasteiger partial charge in [0.25, 0.3) is 11.5 Å². The van der Waals surface area contributed by atoms with Crippen LogP contribution < -0.4 is 10.5 Å². The number of nitrogens with one attached hydrogen (secondary N) is 1. The molecule has 8 heteroatoms. The van der Waals surface area contributed by atoms with Gasteiger partial charge < -0.3 is 0 Å². The van der Waals surface area contributed by atoms with E-state index in [1.165, 1.54) is 20.9 Å². The second-order valence-electron chi connectivity index (χ2n) is 5.98. The molecule has 0 atom stereocenters. The fraction of sp³-hybridized carbons (Fsp3) is 0.105. The predicted octanol–water partition coefficient (Wildman–Crippen LogP) is 3.60. The standard InChI is InChI=1S/C19H16N4O2S2/c1-12-16(18(25)23(21(12)2)13-7-4-3-5-8-13)22-17(24)15(27-19(22)20)11-14-9-6-10-26-14/h3-11,20H,1-2H3/b15-11-,20-19?. The Morgan fingerprint density at radius 3 is 2.48 bits per heavy atom. The summed E-state index contributed by atoms with van der Waals surface area (Å²) in [4.78, 5) is 28.7. The van der Waals surface area contributed by atoms with Crippen LogP contribution in [0.5, 0.6) is 0 Å². The third-order valence-electron chi connectivity index (χ3n) is 4.39. The molecule has 0 bridgehead atoms. The lowest BCUT2D eigenvalue weighted by Crippen LogP contribution is -2.33. The van der Waals surface area contributed by atoms with Crippen LogP contribution in [-0.4, -0.2) is 20.4 Å². The molecule has 1 aliphatic heterocycles. The first-order chi connectivity index (χ1) is 13.0. The summed E-state index contributed by atoms with van der Waals surface area (Å²) in [5, 5.41) is 10.2. The van der Waals surface area contributed by atoms with E-state index >= 15 is 0 Å². The van der Waals surface area contributed by atoms with Crippen molar-refractivity contribution < 1.29 is 4.79 Å². The van der Waals surface area contributed by atoms with Crippen LogP contribution in [0.25, 0.3) is 11.8 Å². The van der Waals surface area contributed by atoms with Crippen molar-refractivity contribution in [2.75, 3.05) is 4.90 Å². The number of thiophene rings is 1. The van der Waals surface area contributed by atoms with E-state index in [4.69, 9.17) is 5.41 Å². The molecule has 0 aliphatic carbocycles. The van der Waals surface area contributed by atoms with Gasteiger partial charge in [0.15, 0.2) is 5.17 Å². The van der Waals surface area contributed by atoms with Crippen molar-refractivity contribution in [1.82, 2.24) is 9.36 Å². The summed E-state index contributed by atoms with van der Waals surface area (Å²) in [6.07, 6.45) is 1.76. The predicted molar refractivity (Wildman–Crippen MR) is 111 cm³/mol. The number of carbonyl (C=O) groups excluding carboxylic acids is 1. The average molecular weight is 396 g/mol. The van der Waals surface area contributed by atoms with Crippen LogP contribution in [0.15, 0.2) is 57.5 Å². The molecule has 0 radical (unpaired) electrons. The van der Waals surface area contributed by atoms with Gasteiger partial charge in [-0.2, -0.15) is 0 Å². The molecule has 4 rings (SSSR count). The minimum absolute atomic E-state index is 0.0359. The topological polar surface area (TPSA) is 71.1 Å². The van der Waals surface area contributed by atoms with Crippen molar-refractivity contribution in [3.8, 4) is 5.69 Å². The number of hydrogen-bond donors (Lipinski definition) is 1. The molecule has 3 aromatic rings. The van der Waals surface area contributed by atoms with Gasteiger partial charge in [-0.15, -0.1) is 11.3 Å². The van der Waals surface area contributed by atoms with Gasteiger partial charge in [-0.05, 0) is 48.3 Å². The number of rotatable bonds is 3. The van der Waals surface area contributed by atoms with Crippen LogP contribution in [0.2, 0.25) is 0 Å². The largest absolute Gasteiger partial charge is 0.296 e. The molecule has 2 aromatic heterocycles. The number of hydrogen-bond acceptors (Lipinski definition) is 5. The number of amidine groups is 1. The van der Waals surface area contributed by atoms with Crippen molar-refractivity contribution in [2.45, 2.75) is 6.92 Å². The Hall–Kier alpha value is -2.84. The summed E-state index contributed by atoms with van der Waals surface area (Å²) in [7, 11) is 1.77. The molecule has 1 fully saturated rings. The highest BCUT2D eigenvalue weighted by Crippen LogP contribution is 2.36. The van der Waals surface area contributed by atoms with E-state index in [1.54, 1.807) is 24.7 Å². The molecule has 0 spiro atoms. The van der Waals surface area contributed by atoms with Crippen molar-refractivity contribution in [3.63, 3.8) is 0 Å². The summed E-state index contributed by atoms with van der Waals surface area (Å²) in [6.45, 7) is 1.78. The lowest BCUT2D eigenvalue weighted by molar-refractivity contribution is -0.113. The van der Waals surface area contributed by atoms with E-state index < -0.39 is 0 Å². The molecule has 0 saturated carbocycles. The average Bonchev–Trinajstić information content (AvgIpc) is 3.31. The van der Waals surface area contributed by atoms with E-state index in [2.05, 4.69) is 0 Å². The zero-order chi connectivity index (χ0) is 19.1. The van der Waals surface area contributed by atoms with Crippen molar-refractivity contribution in [2.24, 2.45) is 7.05 Å². The number of para-hydroxylation sites is 1. The Morgan fingerprint density at radius 2 is 1.81 bits per heavy atom. The second kappa shape index (κ2) is 6.71. The zero-order valence-corrected chi connectivity index (χ0v) is 16.3.